The molecule has 0 aliphatic heterocycles. The van der Waals surface area contributed by atoms with Crippen molar-refractivity contribution in [3.63, 3.8) is 0 Å². The Balaban J connectivity index is 1.86. The predicted molar refractivity (Wildman–Crippen MR) is 112 cm³/mol. The van der Waals surface area contributed by atoms with Crippen LogP contribution in [-0.2, 0) is 5.41 Å². The first-order valence-electron chi connectivity index (χ1n) is 9.66. The van der Waals surface area contributed by atoms with E-state index in [1.54, 1.807) is 7.11 Å². The molecule has 0 N–H and O–H groups in total. The van der Waals surface area contributed by atoms with Crippen molar-refractivity contribution in [2.45, 2.75) is 25.2 Å². The van der Waals surface area contributed by atoms with Gasteiger partial charge in [0.05, 0.1) is 13.0 Å². The lowest BCUT2D eigenvalue weighted by Crippen LogP contribution is -2.34. The number of fused-ring (bicyclic) bond motifs is 5. The third kappa shape index (κ3) is 2.06. The molecule has 138 valence electrons. The molecule has 2 nitrogen and oxygen atoms in total. The van der Waals surface area contributed by atoms with E-state index in [0.717, 1.165) is 22.4 Å². The van der Waals surface area contributed by atoms with Crippen LogP contribution >= 0.6 is 0 Å². The van der Waals surface area contributed by atoms with Gasteiger partial charge in [-0.3, -0.25) is 4.79 Å². The highest BCUT2D eigenvalue weighted by Gasteiger charge is 2.54. The average Bonchev–Trinajstić information content (AvgIpc) is 2.97. The Hall–Kier alpha value is -3.13. The van der Waals surface area contributed by atoms with Crippen LogP contribution in [0.2, 0.25) is 0 Å². The van der Waals surface area contributed by atoms with Crippen LogP contribution < -0.4 is 4.74 Å². The minimum absolute atomic E-state index is 0.190. The molecule has 0 saturated carbocycles. The normalized spacial score (nSPS) is 22.5. The van der Waals surface area contributed by atoms with E-state index >= 15 is 0 Å². The van der Waals surface area contributed by atoms with Gasteiger partial charge in [0.1, 0.15) is 5.75 Å². The summed E-state index contributed by atoms with van der Waals surface area (Å²) in [5.41, 5.74) is 7.50. The van der Waals surface area contributed by atoms with E-state index < -0.39 is 0 Å². The fourth-order valence-corrected chi connectivity index (χ4v) is 5.17. The Morgan fingerprint density at radius 2 is 1.61 bits per heavy atom. The molecule has 28 heavy (non-hydrogen) atoms. The SMILES string of the molecule is COc1ccc2c(c1)C(=O)[C@@H]1c3ccccc3C(c3ccccc3)=C(C)[C@]21C. The molecular formula is C26H22O2. The molecule has 0 unspecified atom stereocenters. The van der Waals surface area contributed by atoms with Crippen molar-refractivity contribution in [1.29, 1.82) is 0 Å². The number of carbonyl (C=O) groups is 1. The molecule has 0 heterocycles. The molecule has 2 aliphatic carbocycles. The van der Waals surface area contributed by atoms with Gasteiger partial charge in [0.25, 0.3) is 0 Å². The van der Waals surface area contributed by atoms with Crippen molar-refractivity contribution in [3.8, 4) is 5.75 Å². The number of benzene rings is 3. The van der Waals surface area contributed by atoms with Crippen LogP contribution in [0, 0.1) is 0 Å². The van der Waals surface area contributed by atoms with Crippen LogP contribution in [0.4, 0.5) is 0 Å². The van der Waals surface area contributed by atoms with Gasteiger partial charge in [-0.25, -0.2) is 0 Å². The molecule has 0 bridgehead atoms. The van der Waals surface area contributed by atoms with Crippen molar-refractivity contribution in [2.24, 2.45) is 0 Å². The topological polar surface area (TPSA) is 26.3 Å². The summed E-state index contributed by atoms with van der Waals surface area (Å²) in [5.74, 6) is 0.723. The first-order chi connectivity index (χ1) is 13.6. The van der Waals surface area contributed by atoms with Crippen LogP contribution in [0.5, 0.6) is 5.75 Å². The number of Topliss-reactive ketones (excluding diaryl/α,β-unsaturated/α-hetero) is 1. The highest BCUT2D eigenvalue weighted by Crippen LogP contribution is 2.59. The Morgan fingerprint density at radius 1 is 0.893 bits per heavy atom. The zero-order valence-corrected chi connectivity index (χ0v) is 16.3. The van der Waals surface area contributed by atoms with Gasteiger partial charge in [-0.15, -0.1) is 0 Å². The maximum absolute atomic E-state index is 13.6. The Bertz CT molecular complexity index is 1140. The molecule has 2 atom stereocenters. The molecule has 0 spiro atoms. The summed E-state index contributed by atoms with van der Waals surface area (Å²) in [6, 6.07) is 24.8. The second-order valence-electron chi connectivity index (χ2n) is 7.86. The van der Waals surface area contributed by atoms with Crippen molar-refractivity contribution in [3.05, 3.63) is 106 Å². The van der Waals surface area contributed by atoms with Gasteiger partial charge in [0.15, 0.2) is 5.78 Å². The molecule has 2 aliphatic rings. The summed E-state index contributed by atoms with van der Waals surface area (Å²) < 4.78 is 5.40. The van der Waals surface area contributed by atoms with E-state index in [9.17, 15) is 4.79 Å². The Morgan fingerprint density at radius 3 is 2.36 bits per heavy atom. The summed E-state index contributed by atoms with van der Waals surface area (Å²) >= 11 is 0. The highest BCUT2D eigenvalue weighted by molar-refractivity contribution is 6.11. The predicted octanol–water partition coefficient (Wildman–Crippen LogP) is 5.77. The molecule has 3 aromatic rings. The molecule has 0 saturated heterocycles. The van der Waals surface area contributed by atoms with E-state index in [1.807, 2.05) is 24.3 Å². The summed E-state index contributed by atoms with van der Waals surface area (Å²) in [5, 5.41) is 0. The van der Waals surface area contributed by atoms with Gasteiger partial charge in [-0.2, -0.15) is 0 Å². The van der Waals surface area contributed by atoms with E-state index in [2.05, 4.69) is 62.4 Å². The molecule has 0 fully saturated rings. The molecule has 0 radical (unpaired) electrons. The number of carbonyl (C=O) groups excluding carboxylic acids is 1. The van der Waals surface area contributed by atoms with E-state index in [4.69, 9.17) is 4.74 Å². The summed E-state index contributed by atoms with van der Waals surface area (Å²) in [7, 11) is 1.64. The van der Waals surface area contributed by atoms with Crippen LogP contribution in [0.1, 0.15) is 52.4 Å². The molecule has 3 aromatic carbocycles. The average molecular weight is 366 g/mol. The van der Waals surface area contributed by atoms with Crippen LogP contribution in [0.3, 0.4) is 0 Å². The largest absolute Gasteiger partial charge is 0.497 e. The van der Waals surface area contributed by atoms with Crippen molar-refractivity contribution < 1.29 is 9.53 Å². The zero-order valence-electron chi connectivity index (χ0n) is 16.3. The van der Waals surface area contributed by atoms with Crippen LogP contribution in [0.15, 0.2) is 78.4 Å². The van der Waals surface area contributed by atoms with Crippen molar-refractivity contribution >= 4 is 11.4 Å². The summed E-state index contributed by atoms with van der Waals surface area (Å²) in [4.78, 5) is 13.6. The molecule has 5 rings (SSSR count). The number of hydrogen-bond acceptors (Lipinski definition) is 2. The van der Waals surface area contributed by atoms with Gasteiger partial charge < -0.3 is 4.74 Å². The van der Waals surface area contributed by atoms with E-state index in [-0.39, 0.29) is 17.1 Å². The second kappa shape index (κ2) is 5.93. The number of ether oxygens (including phenoxy) is 1. The molecule has 0 amide bonds. The van der Waals surface area contributed by atoms with Gasteiger partial charge >= 0.3 is 0 Å². The van der Waals surface area contributed by atoms with Crippen molar-refractivity contribution in [1.82, 2.24) is 0 Å². The molecule has 0 aromatic heterocycles. The number of rotatable bonds is 2. The first kappa shape index (κ1) is 17.0. The van der Waals surface area contributed by atoms with Gasteiger partial charge in [-0.1, -0.05) is 73.2 Å². The van der Waals surface area contributed by atoms with Gasteiger partial charge in [-0.05, 0) is 46.9 Å². The quantitative estimate of drug-likeness (QED) is 0.576. The zero-order chi connectivity index (χ0) is 19.5. The van der Waals surface area contributed by atoms with Gasteiger partial charge in [0.2, 0.25) is 0 Å². The lowest BCUT2D eigenvalue weighted by atomic mass is 9.61. The molecular weight excluding hydrogens is 344 g/mol. The number of ketones is 1. The maximum atomic E-state index is 13.6. The monoisotopic (exact) mass is 366 g/mol. The third-order valence-corrected chi connectivity index (χ3v) is 6.65. The third-order valence-electron chi connectivity index (χ3n) is 6.65. The summed E-state index contributed by atoms with van der Waals surface area (Å²) in [6.45, 7) is 4.42. The minimum atomic E-state index is -0.363. The van der Waals surface area contributed by atoms with Crippen LogP contribution in [0.25, 0.3) is 5.57 Å². The second-order valence-corrected chi connectivity index (χ2v) is 7.86. The summed E-state index contributed by atoms with van der Waals surface area (Å²) in [6.07, 6.45) is 0. The fraction of sp³-hybridized carbons (Fsp3) is 0.192. The lowest BCUT2D eigenvalue weighted by molar-refractivity contribution is 0.0952. The first-order valence-corrected chi connectivity index (χ1v) is 9.66. The Labute approximate surface area is 165 Å². The van der Waals surface area contributed by atoms with Gasteiger partial charge in [0, 0.05) is 11.0 Å². The van der Waals surface area contributed by atoms with E-state index in [1.165, 1.54) is 22.3 Å². The number of allylic oxidation sites excluding steroid dienone is 1. The number of hydrogen-bond donors (Lipinski definition) is 0. The number of methoxy groups -OCH3 is 1. The van der Waals surface area contributed by atoms with Crippen molar-refractivity contribution in [2.75, 3.05) is 7.11 Å². The maximum Gasteiger partial charge on any atom is 0.171 e. The Kier molecular flexibility index (Phi) is 3.60. The lowest BCUT2D eigenvalue weighted by Gasteiger charge is -2.40. The standard InChI is InChI=1S/C26H22O2/c1-16-23(17-9-5-4-6-10-17)19-11-7-8-12-20(19)24-25(27)21-15-18(28-3)13-14-22(21)26(16,24)2/h4-15,24H,1-3H3/t24-,26+/m0/s1. The fourth-order valence-electron chi connectivity index (χ4n) is 5.17. The molecule has 2 heteroatoms. The van der Waals surface area contributed by atoms with E-state index in [0.29, 0.717) is 0 Å². The smallest absolute Gasteiger partial charge is 0.171 e. The minimum Gasteiger partial charge on any atom is -0.497 e. The van der Waals surface area contributed by atoms with Crippen LogP contribution in [-0.4, -0.2) is 12.9 Å². The highest BCUT2D eigenvalue weighted by atomic mass is 16.5.